The molecule has 0 saturated carbocycles. The minimum absolute atomic E-state index is 0. The number of pyridine rings is 1. The Kier molecular flexibility index (Phi) is 10.6. The van der Waals surface area contributed by atoms with Crippen LogP contribution in [-0.2, 0) is 17.7 Å². The van der Waals surface area contributed by atoms with Gasteiger partial charge in [0.2, 0.25) is 0 Å². The molecule has 0 unspecified atom stereocenters. The molecule has 6 nitrogen and oxygen atoms in total. The normalized spacial score (nSPS) is 13.8. The molecule has 1 amide bonds. The van der Waals surface area contributed by atoms with Crippen molar-refractivity contribution in [3.63, 3.8) is 0 Å². The smallest absolute Gasteiger partial charge is 0.256 e. The summed E-state index contributed by atoms with van der Waals surface area (Å²) in [5.41, 5.74) is 3.56. The number of carbonyl (C=O) groups excluding carboxylic acids is 1. The maximum atomic E-state index is 12.8. The summed E-state index contributed by atoms with van der Waals surface area (Å²) >= 11 is 6.24. The molecule has 192 valence electrons. The van der Waals surface area contributed by atoms with E-state index >= 15 is 0 Å². The van der Waals surface area contributed by atoms with Gasteiger partial charge in [0.05, 0.1) is 19.8 Å². The van der Waals surface area contributed by atoms with Crippen LogP contribution in [0.3, 0.4) is 0 Å². The molecule has 0 atom stereocenters. The van der Waals surface area contributed by atoms with Crippen molar-refractivity contribution in [3.05, 3.63) is 88.1 Å². The van der Waals surface area contributed by atoms with Crippen molar-refractivity contribution in [2.45, 2.75) is 26.8 Å². The zero-order chi connectivity index (χ0) is 24.6. The quantitative estimate of drug-likeness (QED) is 0.375. The Morgan fingerprint density at radius 3 is 2.58 bits per heavy atom. The average molecular weight is 530 g/mol. The molecule has 0 aliphatic carbocycles. The van der Waals surface area contributed by atoms with Crippen molar-refractivity contribution in [3.8, 4) is 5.75 Å². The molecule has 1 aliphatic rings. The Labute approximate surface area is 224 Å². The molecular weight excluding hydrogens is 497 g/mol. The minimum Gasteiger partial charge on any atom is -0.493 e. The largest absolute Gasteiger partial charge is 0.493 e. The summed E-state index contributed by atoms with van der Waals surface area (Å²) in [5, 5.41) is 3.57. The molecule has 1 fully saturated rings. The van der Waals surface area contributed by atoms with Crippen LogP contribution in [0.1, 0.15) is 41.0 Å². The van der Waals surface area contributed by atoms with Gasteiger partial charge < -0.3 is 14.8 Å². The molecule has 2 heterocycles. The van der Waals surface area contributed by atoms with E-state index in [9.17, 15) is 4.79 Å². The second kappa shape index (κ2) is 13.6. The molecule has 1 aromatic heterocycles. The number of benzene rings is 2. The number of morpholine rings is 1. The zero-order valence-corrected chi connectivity index (χ0v) is 22.3. The van der Waals surface area contributed by atoms with Crippen molar-refractivity contribution in [2.24, 2.45) is 5.92 Å². The van der Waals surface area contributed by atoms with E-state index < -0.39 is 0 Å². The highest BCUT2D eigenvalue weighted by atomic mass is 35.5. The number of rotatable bonds is 9. The van der Waals surface area contributed by atoms with Gasteiger partial charge in [-0.15, -0.1) is 12.4 Å². The topological polar surface area (TPSA) is 63.7 Å². The van der Waals surface area contributed by atoms with Gasteiger partial charge in [0.15, 0.2) is 0 Å². The van der Waals surface area contributed by atoms with Gasteiger partial charge in [0, 0.05) is 47.9 Å². The molecule has 0 radical (unpaired) electrons. The molecule has 0 bridgehead atoms. The van der Waals surface area contributed by atoms with E-state index in [-0.39, 0.29) is 18.3 Å². The van der Waals surface area contributed by atoms with E-state index in [4.69, 9.17) is 21.1 Å². The number of ether oxygens (including phenoxy) is 2. The molecular formula is C28H33Cl2N3O3. The molecule has 0 spiro atoms. The monoisotopic (exact) mass is 529 g/mol. The fraction of sp³-hybridized carbons (Fsp3) is 0.357. The van der Waals surface area contributed by atoms with E-state index in [1.54, 1.807) is 6.07 Å². The Balaban J connectivity index is 0.00000361. The molecule has 1 saturated heterocycles. The fourth-order valence-electron chi connectivity index (χ4n) is 3.89. The molecule has 8 heteroatoms. The summed E-state index contributed by atoms with van der Waals surface area (Å²) in [7, 11) is 0. The number of carbonyl (C=O) groups is 1. The van der Waals surface area contributed by atoms with Crippen LogP contribution >= 0.6 is 24.0 Å². The SMILES string of the molecule is CC(C)COc1ccc(Cl)cc1Cc1cccc(NC(=O)c2ccc(CN3CCOCC3)cc2)n1.Cl. The maximum absolute atomic E-state index is 12.8. The summed E-state index contributed by atoms with van der Waals surface area (Å²) in [6, 6.07) is 19.0. The lowest BCUT2D eigenvalue weighted by atomic mass is 10.1. The number of nitrogens with one attached hydrogen (secondary N) is 1. The summed E-state index contributed by atoms with van der Waals surface area (Å²) in [6.07, 6.45) is 0.550. The number of aromatic nitrogens is 1. The molecule has 3 aromatic rings. The van der Waals surface area contributed by atoms with E-state index in [2.05, 4.69) is 29.0 Å². The highest BCUT2D eigenvalue weighted by molar-refractivity contribution is 6.30. The first-order valence-corrected chi connectivity index (χ1v) is 12.4. The molecule has 36 heavy (non-hydrogen) atoms. The summed E-state index contributed by atoms with van der Waals surface area (Å²) in [4.78, 5) is 19.8. The van der Waals surface area contributed by atoms with Crippen molar-refractivity contribution < 1.29 is 14.3 Å². The number of nitrogens with zero attached hydrogens (tertiary/aromatic N) is 2. The number of hydrogen-bond acceptors (Lipinski definition) is 5. The third-order valence-corrected chi connectivity index (χ3v) is 5.98. The average Bonchev–Trinajstić information content (AvgIpc) is 2.85. The van der Waals surface area contributed by atoms with Gasteiger partial charge in [0.25, 0.3) is 5.91 Å². The molecule has 1 N–H and O–H groups in total. The first kappa shape index (κ1) is 27.9. The van der Waals surface area contributed by atoms with Gasteiger partial charge in [-0.3, -0.25) is 9.69 Å². The standard InChI is InChI=1S/C28H32ClN3O3.ClH/c1-20(2)19-35-26-11-10-24(29)16-23(26)17-25-4-3-5-27(30-25)31-28(33)22-8-6-21(7-9-22)18-32-12-14-34-15-13-32;/h3-11,16,20H,12-15,17-19H2,1-2H3,(H,30,31,33);1H. The highest BCUT2D eigenvalue weighted by Gasteiger charge is 2.13. The zero-order valence-electron chi connectivity index (χ0n) is 20.7. The van der Waals surface area contributed by atoms with Crippen LogP contribution in [0.15, 0.2) is 60.7 Å². The number of anilines is 1. The van der Waals surface area contributed by atoms with Crippen LogP contribution < -0.4 is 10.1 Å². The molecule has 4 rings (SSSR count). The van der Waals surface area contributed by atoms with E-state index in [0.717, 1.165) is 49.9 Å². The maximum Gasteiger partial charge on any atom is 0.256 e. The molecule has 2 aromatic carbocycles. The fourth-order valence-corrected chi connectivity index (χ4v) is 4.09. The van der Waals surface area contributed by atoms with E-state index in [1.807, 2.05) is 54.6 Å². The lowest BCUT2D eigenvalue weighted by Crippen LogP contribution is -2.35. The van der Waals surface area contributed by atoms with E-state index in [0.29, 0.717) is 35.3 Å². The summed E-state index contributed by atoms with van der Waals surface area (Å²) in [6.45, 7) is 9.13. The van der Waals surface area contributed by atoms with Crippen molar-refractivity contribution in [1.82, 2.24) is 9.88 Å². The predicted molar refractivity (Wildman–Crippen MR) is 147 cm³/mol. The third-order valence-electron chi connectivity index (χ3n) is 5.74. The Bertz CT molecular complexity index is 1130. The van der Waals surface area contributed by atoms with Crippen molar-refractivity contribution >= 4 is 35.7 Å². The Morgan fingerprint density at radius 2 is 1.86 bits per heavy atom. The number of hydrogen-bond donors (Lipinski definition) is 1. The van der Waals surface area contributed by atoms with Gasteiger partial charge >= 0.3 is 0 Å². The van der Waals surface area contributed by atoms with Crippen LogP contribution in [0, 0.1) is 5.92 Å². The lowest BCUT2D eigenvalue weighted by molar-refractivity contribution is 0.0342. The van der Waals surface area contributed by atoms with Gasteiger partial charge in [-0.2, -0.15) is 0 Å². The Morgan fingerprint density at radius 1 is 1.11 bits per heavy atom. The summed E-state index contributed by atoms with van der Waals surface area (Å²) in [5.74, 6) is 1.55. The lowest BCUT2D eigenvalue weighted by Gasteiger charge is -2.26. The van der Waals surface area contributed by atoms with Crippen LogP contribution in [0.5, 0.6) is 5.75 Å². The van der Waals surface area contributed by atoms with Crippen molar-refractivity contribution in [2.75, 3.05) is 38.2 Å². The second-order valence-electron chi connectivity index (χ2n) is 9.19. The third kappa shape index (κ3) is 8.20. The van der Waals surface area contributed by atoms with Gasteiger partial charge in [-0.05, 0) is 53.9 Å². The number of halogens is 2. The van der Waals surface area contributed by atoms with Crippen molar-refractivity contribution in [1.29, 1.82) is 0 Å². The van der Waals surface area contributed by atoms with Crippen LogP contribution in [-0.4, -0.2) is 48.7 Å². The van der Waals surface area contributed by atoms with Gasteiger partial charge in [0.1, 0.15) is 11.6 Å². The number of amides is 1. The van der Waals surface area contributed by atoms with E-state index in [1.165, 1.54) is 5.56 Å². The first-order chi connectivity index (χ1) is 17.0. The molecule has 1 aliphatic heterocycles. The summed E-state index contributed by atoms with van der Waals surface area (Å²) < 4.78 is 11.4. The van der Waals surface area contributed by atoms with Crippen LogP contribution in [0.2, 0.25) is 5.02 Å². The highest BCUT2D eigenvalue weighted by Crippen LogP contribution is 2.26. The Hall–Kier alpha value is -2.64. The van der Waals surface area contributed by atoms with Gasteiger partial charge in [-0.25, -0.2) is 4.98 Å². The second-order valence-corrected chi connectivity index (χ2v) is 9.62. The van der Waals surface area contributed by atoms with Crippen LogP contribution in [0.4, 0.5) is 5.82 Å². The van der Waals surface area contributed by atoms with Gasteiger partial charge in [-0.1, -0.05) is 43.6 Å². The van der Waals surface area contributed by atoms with Crippen LogP contribution in [0.25, 0.3) is 0 Å². The first-order valence-electron chi connectivity index (χ1n) is 12.0. The predicted octanol–water partition coefficient (Wildman–Crippen LogP) is 5.87. The minimum atomic E-state index is -0.184.